The van der Waals surface area contributed by atoms with Crippen molar-refractivity contribution in [3.8, 4) is 0 Å². The van der Waals surface area contributed by atoms with E-state index in [2.05, 4.69) is 11.3 Å². The number of carbonyl (C=O) groups is 2. The van der Waals surface area contributed by atoms with Crippen LogP contribution in [0, 0.1) is 0 Å². The van der Waals surface area contributed by atoms with Crippen LogP contribution in [0.4, 0.5) is 0 Å². The molecule has 0 aliphatic rings. The van der Waals surface area contributed by atoms with Gasteiger partial charge in [-0.15, -0.1) is 0 Å². The monoisotopic (exact) mass is 246 g/mol. The van der Waals surface area contributed by atoms with Gasteiger partial charge in [-0.1, -0.05) is 13.5 Å². The number of ether oxygens (including phenoxy) is 1. The Kier molecular flexibility index (Phi) is 8.83. The molecule has 12 heavy (non-hydrogen) atoms. The molecule has 0 saturated carbocycles. The van der Waals surface area contributed by atoms with Crippen molar-refractivity contribution in [3.63, 3.8) is 0 Å². The van der Waals surface area contributed by atoms with Crippen molar-refractivity contribution in [2.45, 2.75) is 26.7 Å². The van der Waals surface area contributed by atoms with E-state index in [-0.39, 0.29) is 38.2 Å². The Morgan fingerprint density at radius 1 is 1.42 bits per heavy atom. The summed E-state index contributed by atoms with van der Waals surface area (Å²) in [6.45, 7) is 6.68. The van der Waals surface area contributed by atoms with Gasteiger partial charge in [0, 0.05) is 38.2 Å². The Morgan fingerprint density at radius 2 is 1.92 bits per heavy atom. The van der Waals surface area contributed by atoms with E-state index in [1.807, 2.05) is 6.92 Å². The molecule has 0 aromatic heterocycles. The molecule has 0 atom stereocenters. The first kappa shape index (κ1) is 14.3. The van der Waals surface area contributed by atoms with E-state index in [1.54, 1.807) is 0 Å². The predicted molar refractivity (Wildman–Crippen MR) is 40.8 cm³/mol. The summed E-state index contributed by atoms with van der Waals surface area (Å²) in [5.74, 6) is -1.12. The van der Waals surface area contributed by atoms with Gasteiger partial charge in [-0.2, -0.15) is 0 Å². The summed E-state index contributed by atoms with van der Waals surface area (Å²) in [6, 6.07) is 0. The van der Waals surface area contributed by atoms with Gasteiger partial charge in [-0.3, -0.25) is 4.79 Å². The second-order valence-corrected chi connectivity index (χ2v) is 2.29. The molecule has 0 fully saturated rings. The Morgan fingerprint density at radius 3 is 2.25 bits per heavy atom. The van der Waals surface area contributed by atoms with E-state index in [1.165, 1.54) is 6.92 Å². The maximum atomic E-state index is 10.7. The van der Waals surface area contributed by atoms with E-state index < -0.39 is 11.9 Å². The average Bonchev–Trinajstić information content (AvgIpc) is 1.87. The molecule has 0 amide bonds. The van der Waals surface area contributed by atoms with Gasteiger partial charge in [0.2, 0.25) is 0 Å². The Bertz CT molecular complexity index is 187. The van der Waals surface area contributed by atoms with Crippen molar-refractivity contribution in [3.05, 3.63) is 12.2 Å². The molecule has 0 radical (unpaired) electrons. The summed E-state index contributed by atoms with van der Waals surface area (Å²) in [5.41, 5.74) is 0.245. The first-order valence-corrected chi connectivity index (χ1v) is 3.48. The molecule has 0 aliphatic heterocycles. The zero-order valence-corrected chi connectivity index (χ0v) is 9.80. The van der Waals surface area contributed by atoms with Crippen LogP contribution in [0.25, 0.3) is 0 Å². The SMILES string of the molecule is C=C(C)C(=O)OC(=O)CCC.[Zr]. The van der Waals surface area contributed by atoms with Crippen LogP contribution < -0.4 is 0 Å². The number of hydrogen-bond donors (Lipinski definition) is 0. The van der Waals surface area contributed by atoms with Crippen LogP contribution in [-0.4, -0.2) is 11.9 Å². The van der Waals surface area contributed by atoms with Crippen molar-refractivity contribution in [1.82, 2.24) is 0 Å². The van der Waals surface area contributed by atoms with E-state index in [4.69, 9.17) is 0 Å². The summed E-state index contributed by atoms with van der Waals surface area (Å²) in [6.07, 6.45) is 0.960. The molecule has 3 nitrogen and oxygen atoms in total. The first-order valence-electron chi connectivity index (χ1n) is 3.48. The van der Waals surface area contributed by atoms with Crippen molar-refractivity contribution in [2.75, 3.05) is 0 Å². The fourth-order valence-corrected chi connectivity index (χ4v) is 0.446. The van der Waals surface area contributed by atoms with Gasteiger partial charge < -0.3 is 4.74 Å². The second kappa shape index (κ2) is 7.41. The van der Waals surface area contributed by atoms with Gasteiger partial charge in [0.25, 0.3) is 0 Å². The number of hydrogen-bond acceptors (Lipinski definition) is 3. The molecule has 0 aliphatic carbocycles. The standard InChI is InChI=1S/C8H12O3.Zr/c1-4-5-7(9)11-8(10)6(2)3;/h2,4-5H2,1,3H3;. The summed E-state index contributed by atoms with van der Waals surface area (Å²) >= 11 is 0. The van der Waals surface area contributed by atoms with Gasteiger partial charge in [-0.25, -0.2) is 4.79 Å². The molecule has 0 aromatic rings. The minimum absolute atomic E-state index is 0. The van der Waals surface area contributed by atoms with Gasteiger partial charge >= 0.3 is 11.9 Å². The molecule has 0 heterocycles. The smallest absolute Gasteiger partial charge is 0.340 e. The molecule has 0 rings (SSSR count). The van der Waals surface area contributed by atoms with E-state index >= 15 is 0 Å². The summed E-state index contributed by atoms with van der Waals surface area (Å²) in [4.78, 5) is 21.4. The molecular formula is C8H12O3Zr. The third-order valence-electron chi connectivity index (χ3n) is 1.01. The number of rotatable bonds is 3. The maximum absolute atomic E-state index is 10.7. The van der Waals surface area contributed by atoms with Crippen LogP contribution in [0.5, 0.6) is 0 Å². The average molecular weight is 247 g/mol. The third kappa shape index (κ3) is 6.47. The fourth-order valence-electron chi connectivity index (χ4n) is 0.446. The van der Waals surface area contributed by atoms with E-state index in [0.717, 1.165) is 0 Å². The molecule has 0 saturated heterocycles. The molecule has 0 aromatic carbocycles. The quantitative estimate of drug-likeness (QED) is 0.430. The second-order valence-electron chi connectivity index (χ2n) is 2.29. The third-order valence-corrected chi connectivity index (χ3v) is 1.01. The largest absolute Gasteiger partial charge is 0.390 e. The topological polar surface area (TPSA) is 43.4 Å². The van der Waals surface area contributed by atoms with Crippen molar-refractivity contribution in [2.24, 2.45) is 0 Å². The molecule has 0 N–H and O–H groups in total. The maximum Gasteiger partial charge on any atom is 0.340 e. The Labute approximate surface area is 91.3 Å². The van der Waals surface area contributed by atoms with Crippen LogP contribution in [0.3, 0.4) is 0 Å². The minimum atomic E-state index is -0.636. The Balaban J connectivity index is 0. The van der Waals surface area contributed by atoms with Gasteiger partial charge in [0.15, 0.2) is 0 Å². The van der Waals surface area contributed by atoms with Crippen LogP contribution in [0.2, 0.25) is 0 Å². The zero-order chi connectivity index (χ0) is 8.85. The molecule has 66 valence electrons. The van der Waals surface area contributed by atoms with Crippen molar-refractivity contribution in [1.29, 1.82) is 0 Å². The van der Waals surface area contributed by atoms with E-state index in [9.17, 15) is 9.59 Å². The van der Waals surface area contributed by atoms with Crippen LogP contribution in [-0.2, 0) is 40.5 Å². The first-order chi connectivity index (χ1) is 5.07. The zero-order valence-electron chi connectivity index (χ0n) is 7.35. The number of esters is 2. The van der Waals surface area contributed by atoms with Crippen molar-refractivity contribution >= 4 is 11.9 Å². The minimum Gasteiger partial charge on any atom is -0.390 e. The molecule has 0 unspecified atom stereocenters. The molecule has 0 bridgehead atoms. The predicted octanol–water partition coefficient (Wildman–Crippen LogP) is 1.43. The molecular weight excluding hydrogens is 235 g/mol. The number of carbonyl (C=O) groups excluding carboxylic acids is 2. The van der Waals surface area contributed by atoms with Gasteiger partial charge in [0.05, 0.1) is 0 Å². The molecule has 0 spiro atoms. The van der Waals surface area contributed by atoms with Gasteiger partial charge in [-0.05, 0) is 13.3 Å². The van der Waals surface area contributed by atoms with E-state index in [0.29, 0.717) is 6.42 Å². The summed E-state index contributed by atoms with van der Waals surface area (Å²) in [7, 11) is 0. The van der Waals surface area contributed by atoms with Crippen LogP contribution in [0.1, 0.15) is 26.7 Å². The fraction of sp³-hybridized carbons (Fsp3) is 0.500. The van der Waals surface area contributed by atoms with Crippen LogP contribution in [0.15, 0.2) is 12.2 Å². The summed E-state index contributed by atoms with van der Waals surface area (Å²) in [5, 5.41) is 0. The molecule has 4 heteroatoms. The summed E-state index contributed by atoms with van der Waals surface area (Å²) < 4.78 is 4.37. The van der Waals surface area contributed by atoms with Crippen molar-refractivity contribution < 1.29 is 40.5 Å². The normalized spacial score (nSPS) is 8.17. The Hall–Kier alpha value is -0.237. The van der Waals surface area contributed by atoms with Gasteiger partial charge in [0.1, 0.15) is 0 Å². The van der Waals surface area contributed by atoms with Crippen LogP contribution >= 0.6 is 0 Å².